The molecule has 0 unspecified atom stereocenters. The first kappa shape index (κ1) is 15.8. The first-order valence-electron chi connectivity index (χ1n) is 8.47. The van der Waals surface area contributed by atoms with E-state index in [1.807, 2.05) is 24.3 Å². The summed E-state index contributed by atoms with van der Waals surface area (Å²) in [5.41, 5.74) is 12.1. The largest absolute Gasteiger partial charge is 0.497 e. The Balaban J connectivity index is 1.86. The van der Waals surface area contributed by atoms with Crippen LogP contribution in [0.2, 0.25) is 0 Å². The Labute approximate surface area is 147 Å². The first-order valence-corrected chi connectivity index (χ1v) is 8.47. The van der Waals surface area contributed by atoms with Gasteiger partial charge in [-0.3, -0.25) is 4.68 Å². The molecule has 4 rings (SSSR count). The van der Waals surface area contributed by atoms with Gasteiger partial charge in [-0.05, 0) is 57.4 Å². The third-order valence-corrected chi connectivity index (χ3v) is 4.67. The third-order valence-electron chi connectivity index (χ3n) is 4.67. The number of anilines is 3. The smallest absolute Gasteiger partial charge is 0.119 e. The quantitative estimate of drug-likeness (QED) is 0.547. The Bertz CT molecular complexity index is 945. The van der Waals surface area contributed by atoms with Crippen molar-refractivity contribution < 1.29 is 4.74 Å². The molecule has 6 heteroatoms. The van der Waals surface area contributed by atoms with Crippen molar-refractivity contribution >= 4 is 28.0 Å². The zero-order chi connectivity index (χ0) is 17.6. The molecule has 0 spiro atoms. The summed E-state index contributed by atoms with van der Waals surface area (Å²) < 4.78 is 7.48. The molecule has 1 aliphatic heterocycles. The first-order chi connectivity index (χ1) is 12.1. The fourth-order valence-electron chi connectivity index (χ4n) is 3.41. The molecular weight excluding hydrogens is 314 g/mol. The van der Waals surface area contributed by atoms with E-state index in [4.69, 9.17) is 15.6 Å². The average molecular weight is 337 g/mol. The molecule has 0 atom stereocenters. The highest BCUT2D eigenvalue weighted by Gasteiger charge is 2.25. The van der Waals surface area contributed by atoms with E-state index in [-0.39, 0.29) is 0 Å². The van der Waals surface area contributed by atoms with Crippen molar-refractivity contribution in [2.75, 3.05) is 38.8 Å². The molecule has 0 radical (unpaired) electrons. The maximum absolute atomic E-state index is 6.23. The molecule has 2 aromatic carbocycles. The summed E-state index contributed by atoms with van der Waals surface area (Å²) in [6.45, 7) is 1.90. The fourth-order valence-corrected chi connectivity index (χ4v) is 3.41. The molecule has 2 heterocycles. The van der Waals surface area contributed by atoms with Gasteiger partial charge < -0.3 is 20.7 Å². The van der Waals surface area contributed by atoms with Gasteiger partial charge in [0.25, 0.3) is 0 Å². The molecule has 0 saturated carbocycles. The molecule has 1 aliphatic rings. The summed E-state index contributed by atoms with van der Waals surface area (Å²) in [7, 11) is 5.86. The van der Waals surface area contributed by atoms with Crippen LogP contribution >= 0.6 is 0 Å². The van der Waals surface area contributed by atoms with Crippen LogP contribution < -0.4 is 15.8 Å². The summed E-state index contributed by atoms with van der Waals surface area (Å²) in [4.78, 5) is 2.19. The van der Waals surface area contributed by atoms with E-state index >= 15 is 0 Å². The van der Waals surface area contributed by atoms with Gasteiger partial charge in [-0.1, -0.05) is 0 Å². The molecule has 25 heavy (non-hydrogen) atoms. The molecule has 3 N–H and O–H groups in total. The summed E-state index contributed by atoms with van der Waals surface area (Å²) in [5.74, 6) is 0.822. The topological polar surface area (TPSA) is 68.3 Å². The molecule has 0 amide bonds. The van der Waals surface area contributed by atoms with Crippen LogP contribution in [0.1, 0.15) is 6.42 Å². The number of aryl methyl sites for hydroxylation is 1. The third kappa shape index (κ3) is 2.59. The number of aromatic nitrogens is 2. The normalized spacial score (nSPS) is 12.3. The zero-order valence-corrected chi connectivity index (χ0v) is 14.8. The van der Waals surface area contributed by atoms with Crippen molar-refractivity contribution in [3.8, 4) is 17.0 Å². The number of hydrogen-bond donors (Lipinski definition) is 2. The van der Waals surface area contributed by atoms with Gasteiger partial charge >= 0.3 is 0 Å². The number of hydrogen-bond acceptors (Lipinski definition) is 5. The van der Waals surface area contributed by atoms with Crippen molar-refractivity contribution in [1.29, 1.82) is 0 Å². The van der Waals surface area contributed by atoms with Crippen molar-refractivity contribution in [3.05, 3.63) is 30.3 Å². The van der Waals surface area contributed by atoms with Gasteiger partial charge in [-0.2, -0.15) is 5.10 Å². The number of ether oxygens (including phenoxy) is 1. The summed E-state index contributed by atoms with van der Waals surface area (Å²) >= 11 is 0. The van der Waals surface area contributed by atoms with E-state index < -0.39 is 0 Å². The SMILES string of the molecule is COc1ccc2c(c1)-c1nn(CCCN(C)C)c3ccc(N)c(c13)N2. The lowest BCUT2D eigenvalue weighted by Gasteiger charge is -2.20. The number of benzene rings is 2. The monoisotopic (exact) mass is 337 g/mol. The number of rotatable bonds is 5. The second-order valence-corrected chi connectivity index (χ2v) is 6.69. The molecular formula is C19H23N5O. The Morgan fingerprint density at radius 1 is 1.24 bits per heavy atom. The van der Waals surface area contributed by atoms with Crippen LogP contribution in [0.15, 0.2) is 30.3 Å². The fraction of sp³-hybridized carbons (Fsp3) is 0.316. The van der Waals surface area contributed by atoms with Crippen molar-refractivity contribution in [2.24, 2.45) is 0 Å². The van der Waals surface area contributed by atoms with Gasteiger partial charge in [0, 0.05) is 17.8 Å². The van der Waals surface area contributed by atoms with Gasteiger partial charge in [-0.25, -0.2) is 0 Å². The standard InChI is InChI=1S/C19H23N5O/c1-23(2)9-4-10-24-16-8-6-14(20)19-17(16)18(22-24)13-11-12(25-3)5-7-15(13)21-19/h5-8,11,21H,4,9-10,20H2,1-3H3. The maximum atomic E-state index is 6.23. The van der Waals surface area contributed by atoms with E-state index in [1.165, 1.54) is 0 Å². The molecule has 0 aliphatic carbocycles. The number of nitrogens with one attached hydrogen (secondary N) is 1. The molecule has 0 saturated heterocycles. The van der Waals surface area contributed by atoms with Gasteiger partial charge in [0.2, 0.25) is 0 Å². The summed E-state index contributed by atoms with van der Waals surface area (Å²) in [6.07, 6.45) is 1.04. The van der Waals surface area contributed by atoms with Crippen LogP contribution in [-0.4, -0.2) is 42.4 Å². The van der Waals surface area contributed by atoms with Crippen molar-refractivity contribution in [1.82, 2.24) is 14.7 Å². The molecule has 3 aromatic rings. The highest BCUT2D eigenvalue weighted by Crippen LogP contribution is 2.46. The van der Waals surface area contributed by atoms with E-state index in [0.717, 1.165) is 64.5 Å². The molecule has 130 valence electrons. The molecule has 0 bridgehead atoms. The Kier molecular flexibility index (Phi) is 3.77. The number of fused-ring (bicyclic) bond motifs is 2. The highest BCUT2D eigenvalue weighted by atomic mass is 16.5. The van der Waals surface area contributed by atoms with Crippen LogP contribution in [-0.2, 0) is 6.54 Å². The van der Waals surface area contributed by atoms with E-state index in [2.05, 4.69) is 35.1 Å². The van der Waals surface area contributed by atoms with Crippen LogP contribution in [0, 0.1) is 0 Å². The second kappa shape index (κ2) is 5.97. The maximum Gasteiger partial charge on any atom is 0.119 e. The Morgan fingerprint density at radius 3 is 2.84 bits per heavy atom. The van der Waals surface area contributed by atoms with Crippen molar-refractivity contribution in [3.63, 3.8) is 0 Å². The number of nitrogen functional groups attached to an aromatic ring is 1. The van der Waals surface area contributed by atoms with Gasteiger partial charge in [0.05, 0.1) is 29.4 Å². The molecule has 1 aromatic heterocycles. The predicted molar refractivity (Wildman–Crippen MR) is 103 cm³/mol. The lowest BCUT2D eigenvalue weighted by atomic mass is 9.99. The van der Waals surface area contributed by atoms with Crippen molar-refractivity contribution in [2.45, 2.75) is 13.0 Å². The minimum absolute atomic E-state index is 0.739. The van der Waals surface area contributed by atoms with Crippen LogP contribution in [0.4, 0.5) is 17.1 Å². The summed E-state index contributed by atoms with van der Waals surface area (Å²) in [5, 5.41) is 9.48. The van der Waals surface area contributed by atoms with E-state index in [1.54, 1.807) is 7.11 Å². The lowest BCUT2D eigenvalue weighted by Crippen LogP contribution is -2.15. The molecule has 6 nitrogen and oxygen atoms in total. The Hall–Kier alpha value is -2.73. The number of nitrogens with zero attached hydrogens (tertiary/aromatic N) is 3. The van der Waals surface area contributed by atoms with Crippen LogP contribution in [0.5, 0.6) is 5.75 Å². The lowest BCUT2D eigenvalue weighted by molar-refractivity contribution is 0.383. The van der Waals surface area contributed by atoms with E-state index in [0.29, 0.717) is 0 Å². The van der Waals surface area contributed by atoms with Crippen LogP contribution in [0.25, 0.3) is 22.2 Å². The molecule has 0 fully saturated rings. The van der Waals surface area contributed by atoms with Gasteiger partial charge in [0.1, 0.15) is 11.4 Å². The van der Waals surface area contributed by atoms with E-state index in [9.17, 15) is 0 Å². The Morgan fingerprint density at radius 2 is 2.08 bits per heavy atom. The van der Waals surface area contributed by atoms with Crippen LogP contribution in [0.3, 0.4) is 0 Å². The van der Waals surface area contributed by atoms with Gasteiger partial charge in [-0.15, -0.1) is 0 Å². The number of nitrogens with two attached hydrogens (primary N) is 1. The highest BCUT2D eigenvalue weighted by molar-refractivity contribution is 6.12. The second-order valence-electron chi connectivity index (χ2n) is 6.69. The minimum Gasteiger partial charge on any atom is -0.497 e. The van der Waals surface area contributed by atoms with Gasteiger partial charge in [0.15, 0.2) is 0 Å². The number of methoxy groups -OCH3 is 1. The predicted octanol–water partition coefficient (Wildman–Crippen LogP) is 3.30. The summed E-state index contributed by atoms with van der Waals surface area (Å²) in [6, 6.07) is 10.0. The zero-order valence-electron chi connectivity index (χ0n) is 14.8. The average Bonchev–Trinajstić information content (AvgIpc) is 2.97. The minimum atomic E-state index is 0.739.